The van der Waals surface area contributed by atoms with Gasteiger partial charge in [0.2, 0.25) is 0 Å². The van der Waals surface area contributed by atoms with Crippen LogP contribution in [0.4, 0.5) is 5.69 Å². The molecule has 0 bridgehead atoms. The second kappa shape index (κ2) is 7.07. The number of benzene rings is 2. The zero-order valence-electron chi connectivity index (χ0n) is 16.1. The summed E-state index contributed by atoms with van der Waals surface area (Å²) < 4.78 is 0. The molecule has 2 heterocycles. The number of hydrogen-bond acceptors (Lipinski definition) is 5. The van der Waals surface area contributed by atoms with Gasteiger partial charge in [-0.2, -0.15) is 0 Å². The van der Waals surface area contributed by atoms with Gasteiger partial charge in [0.25, 0.3) is 11.8 Å². The van der Waals surface area contributed by atoms with Gasteiger partial charge in [-0.05, 0) is 48.2 Å². The van der Waals surface area contributed by atoms with Crippen LogP contribution in [0.1, 0.15) is 23.2 Å². The lowest BCUT2D eigenvalue weighted by Crippen LogP contribution is -2.53. The van der Waals surface area contributed by atoms with Crippen LogP contribution in [-0.4, -0.2) is 64.4 Å². The monoisotopic (exact) mass is 409 g/mol. The number of nitrogens with one attached hydrogen (secondary N) is 1. The highest BCUT2D eigenvalue weighted by Crippen LogP contribution is 2.38. The lowest BCUT2D eigenvalue weighted by molar-refractivity contribution is -0.143. The molecular formula is C22H23N3O3S. The second-order valence-electron chi connectivity index (χ2n) is 7.87. The summed E-state index contributed by atoms with van der Waals surface area (Å²) in [5.41, 5.74) is 2.94. The Morgan fingerprint density at radius 2 is 1.59 bits per heavy atom. The third-order valence-corrected chi connectivity index (χ3v) is 6.85. The lowest BCUT2D eigenvalue weighted by atomic mass is 10.0. The smallest absolute Gasteiger partial charge is 0.254 e. The number of hydrogen-bond donors (Lipinski definition) is 2. The summed E-state index contributed by atoms with van der Waals surface area (Å²) in [7, 11) is 0. The molecule has 2 aromatic carbocycles. The maximum Gasteiger partial charge on any atom is 0.254 e. The first kappa shape index (κ1) is 18.5. The highest BCUT2D eigenvalue weighted by Gasteiger charge is 2.50. The molecular weight excluding hydrogens is 386 g/mol. The van der Waals surface area contributed by atoms with Gasteiger partial charge in [0.1, 0.15) is 5.60 Å². The number of carbonyl (C=O) groups excluding carboxylic acids is 2. The van der Waals surface area contributed by atoms with Crippen molar-refractivity contribution < 1.29 is 14.7 Å². The minimum atomic E-state index is -1.13. The van der Waals surface area contributed by atoms with Crippen molar-refractivity contribution in [1.82, 2.24) is 9.80 Å². The fraction of sp³-hybridized carbons (Fsp3) is 0.364. The van der Waals surface area contributed by atoms with E-state index in [4.69, 9.17) is 0 Å². The van der Waals surface area contributed by atoms with Crippen molar-refractivity contribution in [1.29, 1.82) is 0 Å². The molecule has 29 heavy (non-hydrogen) atoms. The molecule has 0 atom stereocenters. The van der Waals surface area contributed by atoms with Crippen LogP contribution in [0.25, 0.3) is 11.1 Å². The summed E-state index contributed by atoms with van der Waals surface area (Å²) in [4.78, 5) is 29.8. The molecule has 0 aromatic heterocycles. The molecule has 5 rings (SSSR count). The van der Waals surface area contributed by atoms with Gasteiger partial charge in [-0.1, -0.05) is 18.2 Å². The van der Waals surface area contributed by atoms with E-state index < -0.39 is 5.60 Å². The van der Waals surface area contributed by atoms with Crippen molar-refractivity contribution in [3.05, 3.63) is 48.0 Å². The average Bonchev–Trinajstić information content (AvgIpc) is 3.34. The molecule has 1 aliphatic carbocycles. The van der Waals surface area contributed by atoms with E-state index in [2.05, 4.69) is 23.5 Å². The van der Waals surface area contributed by atoms with E-state index in [0.29, 0.717) is 44.6 Å². The quantitative estimate of drug-likeness (QED) is 0.815. The molecule has 150 valence electrons. The minimum Gasteiger partial charge on any atom is -0.380 e. The Kier molecular flexibility index (Phi) is 4.52. The number of carbonyl (C=O) groups is 2. The molecule has 0 unspecified atom stereocenters. The second-order valence-corrected chi connectivity index (χ2v) is 8.89. The van der Waals surface area contributed by atoms with Crippen LogP contribution in [0.2, 0.25) is 0 Å². The third-order valence-electron chi connectivity index (χ3n) is 5.91. The zero-order valence-corrected chi connectivity index (χ0v) is 16.9. The zero-order chi connectivity index (χ0) is 20.0. The largest absolute Gasteiger partial charge is 0.380 e. The van der Waals surface area contributed by atoms with Crippen molar-refractivity contribution in [2.45, 2.75) is 23.3 Å². The van der Waals surface area contributed by atoms with Gasteiger partial charge in [0, 0.05) is 42.3 Å². The first-order valence-corrected chi connectivity index (χ1v) is 10.9. The van der Waals surface area contributed by atoms with E-state index in [-0.39, 0.29) is 11.8 Å². The predicted octanol–water partition coefficient (Wildman–Crippen LogP) is 2.64. The molecule has 7 heteroatoms. The van der Waals surface area contributed by atoms with Crippen LogP contribution < -0.4 is 5.32 Å². The van der Waals surface area contributed by atoms with Crippen molar-refractivity contribution in [2.24, 2.45) is 0 Å². The number of fused-ring (bicyclic) bond motifs is 1. The molecule has 2 amide bonds. The maximum absolute atomic E-state index is 12.8. The van der Waals surface area contributed by atoms with E-state index in [1.165, 1.54) is 10.6 Å². The summed E-state index contributed by atoms with van der Waals surface area (Å²) in [5.74, 6) is 0.712. The Balaban J connectivity index is 1.23. The summed E-state index contributed by atoms with van der Waals surface area (Å²) in [5, 5.41) is 13.3. The predicted molar refractivity (Wildman–Crippen MR) is 113 cm³/mol. The van der Waals surface area contributed by atoms with Crippen molar-refractivity contribution in [2.75, 3.05) is 37.4 Å². The fourth-order valence-electron chi connectivity index (χ4n) is 3.89. The van der Waals surface area contributed by atoms with Crippen molar-refractivity contribution >= 4 is 29.3 Å². The number of rotatable bonds is 3. The van der Waals surface area contributed by atoms with E-state index in [9.17, 15) is 14.7 Å². The topological polar surface area (TPSA) is 72.9 Å². The highest BCUT2D eigenvalue weighted by molar-refractivity contribution is 7.99. The van der Waals surface area contributed by atoms with Gasteiger partial charge < -0.3 is 20.2 Å². The Morgan fingerprint density at radius 3 is 2.28 bits per heavy atom. The van der Waals surface area contributed by atoms with Gasteiger partial charge in [0.15, 0.2) is 0 Å². The van der Waals surface area contributed by atoms with E-state index in [0.717, 1.165) is 17.0 Å². The molecule has 2 fully saturated rings. The fourth-order valence-corrected chi connectivity index (χ4v) is 4.78. The summed E-state index contributed by atoms with van der Waals surface area (Å²) >= 11 is 1.80. The number of thioether (sulfide) groups is 1. The highest BCUT2D eigenvalue weighted by atomic mass is 32.2. The summed E-state index contributed by atoms with van der Waals surface area (Å²) in [6.45, 7) is 1.95. The number of piperazine rings is 1. The van der Waals surface area contributed by atoms with Gasteiger partial charge in [-0.3, -0.25) is 9.59 Å². The molecule has 2 aliphatic heterocycles. The average molecular weight is 410 g/mol. The first-order chi connectivity index (χ1) is 14.0. The van der Waals surface area contributed by atoms with Gasteiger partial charge in [-0.25, -0.2) is 0 Å². The van der Waals surface area contributed by atoms with Crippen LogP contribution in [0.15, 0.2) is 47.4 Å². The summed E-state index contributed by atoms with van der Waals surface area (Å²) in [6.07, 6.45) is 1.10. The maximum atomic E-state index is 12.8. The van der Waals surface area contributed by atoms with Gasteiger partial charge in [-0.15, -0.1) is 11.8 Å². The Hall–Kier alpha value is -2.51. The van der Waals surface area contributed by atoms with Crippen molar-refractivity contribution in [3.8, 4) is 11.1 Å². The number of amides is 2. The third kappa shape index (κ3) is 3.49. The standard InChI is InChI=1S/C22H23N3O3S/c26-20(24-9-11-25(12-10-24)21(27)22(28)7-8-22)16-3-1-15(2-4-16)17-5-6-18-19(13-17)29-14-23-18/h1-6,13,23,28H,7-12,14H2. The lowest BCUT2D eigenvalue weighted by Gasteiger charge is -2.35. The van der Waals surface area contributed by atoms with Gasteiger partial charge in [0.05, 0.1) is 5.88 Å². The van der Waals surface area contributed by atoms with E-state index in [1.807, 2.05) is 24.3 Å². The molecule has 0 spiro atoms. The van der Waals surface area contributed by atoms with E-state index in [1.54, 1.807) is 21.6 Å². The first-order valence-electron chi connectivity index (χ1n) is 9.96. The van der Waals surface area contributed by atoms with E-state index >= 15 is 0 Å². The number of nitrogens with zero attached hydrogens (tertiary/aromatic N) is 2. The van der Waals surface area contributed by atoms with Crippen LogP contribution >= 0.6 is 11.8 Å². The molecule has 2 aromatic rings. The normalized spacial score (nSPS) is 19.5. The van der Waals surface area contributed by atoms with Crippen LogP contribution in [-0.2, 0) is 4.79 Å². The molecule has 0 radical (unpaired) electrons. The Morgan fingerprint density at radius 1 is 0.931 bits per heavy atom. The van der Waals surface area contributed by atoms with Crippen LogP contribution in [0.3, 0.4) is 0 Å². The van der Waals surface area contributed by atoms with Crippen LogP contribution in [0.5, 0.6) is 0 Å². The number of aliphatic hydroxyl groups is 1. The minimum absolute atomic E-state index is 0.0116. The molecule has 3 aliphatic rings. The molecule has 6 nitrogen and oxygen atoms in total. The SMILES string of the molecule is O=C(c1ccc(-c2ccc3c(c2)SCN3)cc1)N1CCN(C(=O)C2(O)CC2)CC1. The summed E-state index contributed by atoms with van der Waals surface area (Å²) in [6, 6.07) is 14.1. The van der Waals surface area contributed by atoms with Gasteiger partial charge >= 0.3 is 0 Å². The Labute approximate surface area is 173 Å². The molecule has 1 saturated carbocycles. The molecule has 2 N–H and O–H groups in total. The Bertz CT molecular complexity index is 964. The van der Waals surface area contributed by atoms with Crippen molar-refractivity contribution in [3.63, 3.8) is 0 Å². The van der Waals surface area contributed by atoms with Crippen LogP contribution in [0, 0.1) is 0 Å². The number of anilines is 1. The molecule has 1 saturated heterocycles.